The van der Waals surface area contributed by atoms with Gasteiger partial charge in [0.15, 0.2) is 0 Å². The maximum absolute atomic E-state index is 14.4. The second kappa shape index (κ2) is 17.2. The smallest absolute Gasteiger partial charge is 0.333 e. The summed E-state index contributed by atoms with van der Waals surface area (Å²) in [4.78, 5) is 11.4. The third-order valence-electron chi connectivity index (χ3n) is 7.98. The Morgan fingerprint density at radius 1 is 0.884 bits per heavy atom. The van der Waals surface area contributed by atoms with Crippen molar-refractivity contribution in [2.75, 3.05) is 13.2 Å². The van der Waals surface area contributed by atoms with Crippen LogP contribution in [-0.2, 0) is 28.9 Å². The molecule has 2 aromatic carbocycles. The molecule has 0 aliphatic rings. The summed E-state index contributed by atoms with van der Waals surface area (Å²) in [5.41, 5.74) is 6.69. The largest absolute Gasteiger partial charge is 0.494 e. The summed E-state index contributed by atoms with van der Waals surface area (Å²) in [6.07, 6.45) is 8.99. The second-order valence-corrected chi connectivity index (χ2v) is 11.7. The van der Waals surface area contributed by atoms with Gasteiger partial charge in [0.05, 0.1) is 18.7 Å². The second-order valence-electron chi connectivity index (χ2n) is 11.7. The number of unbranched alkanes of at least 4 members (excludes halogenated alkanes) is 4. The molecule has 0 spiro atoms. The van der Waals surface area contributed by atoms with Gasteiger partial charge in [0, 0.05) is 47.7 Å². The van der Waals surface area contributed by atoms with Gasteiger partial charge in [0.1, 0.15) is 5.75 Å². The number of benzene rings is 2. The number of aromatic nitrogens is 1. The lowest BCUT2D eigenvalue weighted by Gasteiger charge is -2.17. The zero-order valence-electron chi connectivity index (χ0n) is 26.8. The van der Waals surface area contributed by atoms with Gasteiger partial charge in [-0.2, -0.15) is 0 Å². The molecule has 0 unspecified atom stereocenters. The molecule has 236 valence electrons. The summed E-state index contributed by atoms with van der Waals surface area (Å²) in [7, 11) is 0. The number of rotatable bonds is 20. The van der Waals surface area contributed by atoms with Gasteiger partial charge >= 0.3 is 5.97 Å². The van der Waals surface area contributed by atoms with Crippen molar-refractivity contribution in [3.8, 4) is 17.0 Å². The quantitative estimate of drug-likeness (QED) is 0.0741. The Balaban J connectivity index is 1.69. The number of nitrogens with zero attached hydrogens (tertiary/aromatic N) is 1. The van der Waals surface area contributed by atoms with Crippen LogP contribution in [0.3, 0.4) is 0 Å². The van der Waals surface area contributed by atoms with Gasteiger partial charge in [0.25, 0.3) is 0 Å². The molecule has 4 nitrogen and oxygen atoms in total. The number of alkyl halides is 2. The summed E-state index contributed by atoms with van der Waals surface area (Å²) in [5.74, 6) is -2.67. The Morgan fingerprint density at radius 2 is 1.60 bits per heavy atom. The molecular weight excluding hydrogens is 544 g/mol. The van der Waals surface area contributed by atoms with Crippen molar-refractivity contribution in [2.45, 2.75) is 117 Å². The van der Waals surface area contributed by atoms with E-state index >= 15 is 0 Å². The van der Waals surface area contributed by atoms with Crippen LogP contribution in [0.1, 0.15) is 103 Å². The highest BCUT2D eigenvalue weighted by Gasteiger charge is 2.27. The standard InChI is InChI=1S/C37H51F2NO3/c1-6-9-11-15-29-16-19-33(30(8-3)25-29)35-26-31-17-18-32(27-34(31)40(35)22-12-10-7-2)42-23-13-20-37(38,39)21-14-24-43-36(41)28(4)5/h16-19,25-27H,4,6-15,20-24H2,1-3,5H3. The number of hydrogen-bond acceptors (Lipinski definition) is 3. The predicted molar refractivity (Wildman–Crippen MR) is 174 cm³/mol. The maximum Gasteiger partial charge on any atom is 0.333 e. The highest BCUT2D eigenvalue weighted by Crippen LogP contribution is 2.34. The van der Waals surface area contributed by atoms with Crippen LogP contribution < -0.4 is 4.74 Å². The van der Waals surface area contributed by atoms with Crippen molar-refractivity contribution in [1.29, 1.82) is 0 Å². The van der Waals surface area contributed by atoms with Gasteiger partial charge in [-0.25, -0.2) is 13.6 Å². The summed E-state index contributed by atoms with van der Waals surface area (Å²) in [5, 5.41) is 1.16. The molecule has 0 radical (unpaired) electrons. The molecule has 0 amide bonds. The molecule has 6 heteroatoms. The zero-order valence-corrected chi connectivity index (χ0v) is 26.8. The molecule has 1 heterocycles. The number of ether oxygens (including phenoxy) is 2. The van der Waals surface area contributed by atoms with Crippen LogP contribution in [0.15, 0.2) is 54.6 Å². The fraction of sp³-hybridized carbons (Fsp3) is 0.541. The number of esters is 1. The van der Waals surface area contributed by atoms with Crippen LogP contribution in [0.4, 0.5) is 8.78 Å². The topological polar surface area (TPSA) is 40.5 Å². The van der Waals surface area contributed by atoms with Crippen molar-refractivity contribution >= 4 is 16.9 Å². The molecule has 3 aromatic rings. The van der Waals surface area contributed by atoms with E-state index in [0.29, 0.717) is 5.75 Å². The third-order valence-corrected chi connectivity index (χ3v) is 7.98. The van der Waals surface area contributed by atoms with E-state index in [1.807, 2.05) is 6.07 Å². The highest BCUT2D eigenvalue weighted by atomic mass is 19.3. The molecule has 0 aliphatic carbocycles. The molecule has 3 rings (SSSR count). The Bertz CT molecular complexity index is 1330. The van der Waals surface area contributed by atoms with Crippen LogP contribution in [0.25, 0.3) is 22.2 Å². The SMILES string of the molecule is C=C(C)C(=O)OCCCC(F)(F)CCCOc1ccc2cc(-c3ccc(CCCCC)cc3CC)n(CCCCC)c2c1. The first-order chi connectivity index (χ1) is 20.7. The molecule has 0 atom stereocenters. The summed E-state index contributed by atoms with van der Waals surface area (Å²) >= 11 is 0. The summed E-state index contributed by atoms with van der Waals surface area (Å²) in [6.45, 7) is 12.8. The lowest BCUT2D eigenvalue weighted by atomic mass is 9.97. The molecule has 0 N–H and O–H groups in total. The Hall–Kier alpha value is -3.15. The first kappa shape index (κ1) is 34.3. The normalized spacial score (nSPS) is 11.7. The van der Waals surface area contributed by atoms with Gasteiger partial charge < -0.3 is 14.0 Å². The van der Waals surface area contributed by atoms with Crippen molar-refractivity contribution in [1.82, 2.24) is 4.57 Å². The monoisotopic (exact) mass is 595 g/mol. The number of hydrogen-bond donors (Lipinski definition) is 0. The van der Waals surface area contributed by atoms with E-state index in [9.17, 15) is 13.6 Å². The Labute approximate surface area is 257 Å². The van der Waals surface area contributed by atoms with Gasteiger partial charge in [0.2, 0.25) is 5.92 Å². The molecule has 0 aliphatic heterocycles. The minimum atomic E-state index is -2.83. The van der Waals surface area contributed by atoms with Crippen LogP contribution in [0.2, 0.25) is 0 Å². The molecule has 1 aromatic heterocycles. The van der Waals surface area contributed by atoms with Crippen molar-refractivity contribution in [2.24, 2.45) is 0 Å². The molecule has 0 saturated heterocycles. The van der Waals surface area contributed by atoms with E-state index in [1.54, 1.807) is 0 Å². The average Bonchev–Trinajstić information content (AvgIpc) is 3.35. The predicted octanol–water partition coefficient (Wildman–Crippen LogP) is 10.5. The molecule has 0 bridgehead atoms. The lowest BCUT2D eigenvalue weighted by molar-refractivity contribution is -0.139. The van der Waals surface area contributed by atoms with E-state index in [-0.39, 0.29) is 44.5 Å². The maximum atomic E-state index is 14.4. The van der Waals surface area contributed by atoms with E-state index in [1.165, 1.54) is 48.6 Å². The fourth-order valence-electron chi connectivity index (χ4n) is 5.50. The van der Waals surface area contributed by atoms with Crippen molar-refractivity contribution in [3.05, 3.63) is 65.7 Å². The molecule has 0 saturated carbocycles. The number of fused-ring (bicyclic) bond motifs is 1. The summed E-state index contributed by atoms with van der Waals surface area (Å²) in [6, 6.07) is 15.3. The number of carbonyl (C=O) groups excluding carboxylic acids is 1. The number of aryl methyl sites for hydroxylation is 3. The lowest BCUT2D eigenvalue weighted by Crippen LogP contribution is -2.18. The molecular formula is C37H51F2NO3. The van der Waals surface area contributed by atoms with E-state index in [0.717, 1.165) is 49.6 Å². The minimum Gasteiger partial charge on any atom is -0.494 e. The van der Waals surface area contributed by atoms with E-state index < -0.39 is 11.9 Å². The first-order valence-electron chi connectivity index (χ1n) is 16.3. The zero-order chi connectivity index (χ0) is 31.2. The first-order valence-corrected chi connectivity index (χ1v) is 16.3. The highest BCUT2D eigenvalue weighted by molar-refractivity contribution is 5.89. The summed E-state index contributed by atoms with van der Waals surface area (Å²) < 4.78 is 42.0. The van der Waals surface area contributed by atoms with E-state index in [4.69, 9.17) is 9.47 Å². The van der Waals surface area contributed by atoms with Crippen LogP contribution in [-0.4, -0.2) is 29.7 Å². The average molecular weight is 596 g/mol. The van der Waals surface area contributed by atoms with Gasteiger partial charge in [-0.3, -0.25) is 0 Å². The van der Waals surface area contributed by atoms with Gasteiger partial charge in [-0.15, -0.1) is 0 Å². The number of halogens is 2. The van der Waals surface area contributed by atoms with E-state index in [2.05, 4.69) is 68.3 Å². The molecule has 0 fully saturated rings. The fourth-order valence-corrected chi connectivity index (χ4v) is 5.50. The third kappa shape index (κ3) is 10.5. The van der Waals surface area contributed by atoms with Crippen molar-refractivity contribution < 1.29 is 23.0 Å². The Morgan fingerprint density at radius 3 is 2.30 bits per heavy atom. The Kier molecular flexibility index (Phi) is 13.8. The van der Waals surface area contributed by atoms with Crippen LogP contribution in [0.5, 0.6) is 5.75 Å². The van der Waals surface area contributed by atoms with Gasteiger partial charge in [-0.1, -0.05) is 71.2 Å². The van der Waals surface area contributed by atoms with Crippen molar-refractivity contribution in [3.63, 3.8) is 0 Å². The number of carbonyl (C=O) groups is 1. The molecule has 43 heavy (non-hydrogen) atoms. The minimum absolute atomic E-state index is 0.0272. The van der Waals surface area contributed by atoms with Crippen LogP contribution >= 0.6 is 0 Å². The van der Waals surface area contributed by atoms with Crippen LogP contribution in [0, 0.1) is 0 Å². The van der Waals surface area contributed by atoms with Gasteiger partial charge in [-0.05, 0) is 74.8 Å².